The molecule has 10 heteroatoms. The van der Waals surface area contributed by atoms with Gasteiger partial charge in [-0.3, -0.25) is 10.1 Å². The number of sulfonamides is 1. The molecule has 0 unspecified atom stereocenters. The van der Waals surface area contributed by atoms with E-state index in [4.69, 9.17) is 21.7 Å². The lowest BCUT2D eigenvalue weighted by Gasteiger charge is -2.13. The van der Waals surface area contributed by atoms with Crippen molar-refractivity contribution < 1.29 is 22.7 Å². The Kier molecular flexibility index (Phi) is 8.93. The Labute approximate surface area is 181 Å². The lowest BCUT2D eigenvalue weighted by Crippen LogP contribution is -2.34. The maximum absolute atomic E-state index is 12.5. The summed E-state index contributed by atoms with van der Waals surface area (Å²) < 4.78 is 37.0. The van der Waals surface area contributed by atoms with E-state index >= 15 is 0 Å². The van der Waals surface area contributed by atoms with E-state index in [9.17, 15) is 13.2 Å². The predicted octanol–water partition coefficient (Wildman–Crippen LogP) is 2.30. The highest BCUT2D eigenvalue weighted by atomic mass is 32.2. The first-order chi connectivity index (χ1) is 14.4. The molecule has 0 aliphatic rings. The van der Waals surface area contributed by atoms with Crippen LogP contribution in [0.25, 0.3) is 0 Å². The van der Waals surface area contributed by atoms with Crippen LogP contribution in [-0.4, -0.2) is 46.3 Å². The molecule has 0 saturated carbocycles. The summed E-state index contributed by atoms with van der Waals surface area (Å²) in [7, 11) is -2.05. The van der Waals surface area contributed by atoms with Gasteiger partial charge in [-0.1, -0.05) is 18.2 Å². The van der Waals surface area contributed by atoms with Crippen LogP contribution in [0.1, 0.15) is 10.4 Å². The van der Waals surface area contributed by atoms with Crippen LogP contribution in [0.5, 0.6) is 5.75 Å². The Morgan fingerprint density at radius 1 is 1.13 bits per heavy atom. The number of amides is 1. The number of hydrogen-bond donors (Lipinski definition) is 3. The van der Waals surface area contributed by atoms with Gasteiger partial charge in [-0.05, 0) is 48.6 Å². The fraction of sp³-hybridized carbons (Fsp3) is 0.200. The molecule has 3 N–H and O–H groups in total. The molecule has 0 aliphatic carbocycles. The molecule has 2 aromatic carbocycles. The van der Waals surface area contributed by atoms with E-state index in [0.29, 0.717) is 30.2 Å². The molecule has 0 spiro atoms. The molecule has 30 heavy (non-hydrogen) atoms. The minimum Gasteiger partial charge on any atom is -0.490 e. The van der Waals surface area contributed by atoms with E-state index in [1.54, 1.807) is 43.5 Å². The van der Waals surface area contributed by atoms with Gasteiger partial charge in [0, 0.05) is 19.3 Å². The maximum Gasteiger partial charge on any atom is 0.261 e. The van der Waals surface area contributed by atoms with Crippen molar-refractivity contribution in [3.8, 4) is 5.75 Å². The van der Waals surface area contributed by atoms with Crippen LogP contribution < -0.4 is 20.1 Å². The minimum absolute atomic E-state index is 0.0621. The second-order valence-corrected chi connectivity index (χ2v) is 8.09. The van der Waals surface area contributed by atoms with E-state index in [-0.39, 0.29) is 16.6 Å². The van der Waals surface area contributed by atoms with Crippen molar-refractivity contribution in [2.45, 2.75) is 4.90 Å². The number of carbonyl (C=O) groups excluding carboxylic acids is 1. The van der Waals surface area contributed by atoms with E-state index in [2.05, 4.69) is 21.9 Å². The largest absolute Gasteiger partial charge is 0.490 e. The highest BCUT2D eigenvalue weighted by Crippen LogP contribution is 2.18. The molecular weight excluding hydrogens is 426 g/mol. The van der Waals surface area contributed by atoms with Gasteiger partial charge in [-0.25, -0.2) is 13.1 Å². The summed E-state index contributed by atoms with van der Waals surface area (Å²) in [4.78, 5) is 12.6. The molecule has 0 bridgehead atoms. The number of carbonyl (C=O) groups is 1. The Hall–Kier alpha value is -2.79. The second kappa shape index (κ2) is 11.4. The number of thiocarbonyl (C=S) groups is 1. The third kappa shape index (κ3) is 6.92. The van der Waals surface area contributed by atoms with Crippen LogP contribution in [-0.2, 0) is 14.8 Å². The Bertz CT molecular complexity index is 992. The minimum atomic E-state index is -3.61. The number of methoxy groups -OCH3 is 1. The fourth-order valence-corrected chi connectivity index (χ4v) is 3.53. The molecule has 1 amide bonds. The van der Waals surface area contributed by atoms with Crippen molar-refractivity contribution in [2.75, 3.05) is 32.2 Å². The number of rotatable bonds is 10. The van der Waals surface area contributed by atoms with Crippen LogP contribution in [0.15, 0.2) is 66.1 Å². The molecule has 0 aromatic heterocycles. The molecule has 0 atom stereocenters. The third-order valence-electron chi connectivity index (χ3n) is 3.74. The highest BCUT2D eigenvalue weighted by Gasteiger charge is 2.15. The Balaban J connectivity index is 1.99. The molecule has 2 aromatic rings. The van der Waals surface area contributed by atoms with Crippen molar-refractivity contribution in [1.82, 2.24) is 10.0 Å². The van der Waals surface area contributed by atoms with Gasteiger partial charge in [0.15, 0.2) is 5.11 Å². The topological polar surface area (TPSA) is 106 Å². The molecule has 0 aliphatic heterocycles. The van der Waals surface area contributed by atoms with Crippen molar-refractivity contribution in [2.24, 2.45) is 0 Å². The quantitative estimate of drug-likeness (QED) is 0.290. The SMILES string of the molecule is C=CCNS(=O)(=O)c1ccc(NC(=S)NC(=O)c2ccccc2OCCOC)cc1. The summed E-state index contributed by atoms with van der Waals surface area (Å²) in [5, 5.41) is 5.48. The number of anilines is 1. The number of ether oxygens (including phenoxy) is 2. The van der Waals surface area contributed by atoms with Gasteiger partial charge in [0.2, 0.25) is 10.0 Å². The van der Waals surface area contributed by atoms with Gasteiger partial charge in [0.25, 0.3) is 5.91 Å². The highest BCUT2D eigenvalue weighted by molar-refractivity contribution is 7.89. The van der Waals surface area contributed by atoms with Gasteiger partial charge >= 0.3 is 0 Å². The number of benzene rings is 2. The standard InChI is InChI=1S/C20H23N3O5S2/c1-3-12-21-30(25,26)16-10-8-15(9-11-16)22-20(29)23-19(24)17-6-4-5-7-18(17)28-14-13-27-2/h3-11,21H,1,12-14H2,2H3,(H2,22,23,24,29). The van der Waals surface area contributed by atoms with Crippen molar-refractivity contribution in [3.05, 3.63) is 66.7 Å². The van der Waals surface area contributed by atoms with Gasteiger partial charge in [-0.2, -0.15) is 0 Å². The summed E-state index contributed by atoms with van der Waals surface area (Å²) in [5.41, 5.74) is 0.847. The molecule has 0 saturated heterocycles. The molecule has 0 radical (unpaired) electrons. The Morgan fingerprint density at radius 3 is 2.50 bits per heavy atom. The van der Waals surface area contributed by atoms with Crippen LogP contribution in [0.2, 0.25) is 0 Å². The van der Waals surface area contributed by atoms with Gasteiger partial charge in [-0.15, -0.1) is 6.58 Å². The van der Waals surface area contributed by atoms with Crippen LogP contribution in [0.4, 0.5) is 5.69 Å². The van der Waals surface area contributed by atoms with Crippen LogP contribution in [0.3, 0.4) is 0 Å². The van der Waals surface area contributed by atoms with E-state index in [1.165, 1.54) is 18.2 Å². The summed E-state index contributed by atoms with van der Waals surface area (Å²) in [6.07, 6.45) is 1.45. The predicted molar refractivity (Wildman–Crippen MR) is 119 cm³/mol. The first-order valence-electron chi connectivity index (χ1n) is 8.91. The average molecular weight is 450 g/mol. The monoisotopic (exact) mass is 449 g/mol. The van der Waals surface area contributed by atoms with Gasteiger partial charge < -0.3 is 14.8 Å². The first kappa shape index (κ1) is 23.5. The third-order valence-corrected chi connectivity index (χ3v) is 5.39. The molecular formula is C20H23N3O5S2. The van der Waals surface area contributed by atoms with Crippen molar-refractivity contribution >= 4 is 38.9 Å². The first-order valence-corrected chi connectivity index (χ1v) is 10.8. The summed E-state index contributed by atoms with van der Waals surface area (Å²) in [6.45, 7) is 4.31. The van der Waals surface area contributed by atoms with Crippen LogP contribution >= 0.6 is 12.2 Å². The average Bonchev–Trinajstić information content (AvgIpc) is 2.73. The number of nitrogens with one attached hydrogen (secondary N) is 3. The number of hydrogen-bond acceptors (Lipinski definition) is 6. The summed E-state index contributed by atoms with van der Waals surface area (Å²) in [6, 6.07) is 12.7. The van der Waals surface area contributed by atoms with Crippen LogP contribution in [0, 0.1) is 0 Å². The molecule has 8 nitrogen and oxygen atoms in total. The van der Waals surface area contributed by atoms with E-state index < -0.39 is 15.9 Å². The van der Waals surface area contributed by atoms with Gasteiger partial charge in [0.1, 0.15) is 12.4 Å². The zero-order valence-electron chi connectivity index (χ0n) is 16.4. The molecule has 0 fully saturated rings. The van der Waals surface area contributed by atoms with Crippen molar-refractivity contribution in [3.63, 3.8) is 0 Å². The van der Waals surface area contributed by atoms with Gasteiger partial charge in [0.05, 0.1) is 17.1 Å². The second-order valence-electron chi connectivity index (χ2n) is 5.91. The lowest BCUT2D eigenvalue weighted by molar-refractivity contribution is 0.0970. The van der Waals surface area contributed by atoms with E-state index in [1.807, 2.05) is 0 Å². The molecule has 160 valence electrons. The zero-order chi connectivity index (χ0) is 22.0. The molecule has 0 heterocycles. The van der Waals surface area contributed by atoms with Crippen molar-refractivity contribution in [1.29, 1.82) is 0 Å². The normalized spacial score (nSPS) is 10.8. The number of para-hydroxylation sites is 1. The Morgan fingerprint density at radius 2 is 1.83 bits per heavy atom. The smallest absolute Gasteiger partial charge is 0.261 e. The zero-order valence-corrected chi connectivity index (χ0v) is 18.0. The maximum atomic E-state index is 12.5. The fourth-order valence-electron chi connectivity index (χ4n) is 2.32. The lowest BCUT2D eigenvalue weighted by atomic mass is 10.2. The summed E-state index contributed by atoms with van der Waals surface area (Å²) >= 11 is 5.18. The van der Waals surface area contributed by atoms with E-state index in [0.717, 1.165) is 0 Å². The summed E-state index contributed by atoms with van der Waals surface area (Å²) in [5.74, 6) is -0.0234. The molecule has 2 rings (SSSR count).